The molecule has 0 saturated heterocycles. The van der Waals surface area contributed by atoms with Gasteiger partial charge in [-0.3, -0.25) is 9.59 Å². The standard InChI is InChI=1S/C10H14N2O4/c1-10(15,7-4-3-5-16-7)6-12-9(14)8(13)11-2/h3-5,15H,6H2,1-2H3,(H,11,13)(H,12,14). The average Bonchev–Trinajstić information content (AvgIpc) is 2.78. The van der Waals surface area contributed by atoms with E-state index in [1.165, 1.54) is 20.2 Å². The molecule has 1 heterocycles. The maximum atomic E-state index is 11.1. The van der Waals surface area contributed by atoms with E-state index < -0.39 is 17.4 Å². The smallest absolute Gasteiger partial charge is 0.309 e. The number of carbonyl (C=O) groups is 2. The highest BCUT2D eigenvalue weighted by atomic mass is 16.4. The Morgan fingerprint density at radius 2 is 2.19 bits per heavy atom. The number of nitrogens with one attached hydrogen (secondary N) is 2. The molecule has 0 radical (unpaired) electrons. The van der Waals surface area contributed by atoms with Crippen LogP contribution in [0.15, 0.2) is 22.8 Å². The first-order chi connectivity index (χ1) is 7.47. The zero-order valence-electron chi connectivity index (χ0n) is 9.11. The van der Waals surface area contributed by atoms with Gasteiger partial charge in [-0.05, 0) is 19.1 Å². The maximum Gasteiger partial charge on any atom is 0.309 e. The molecular weight excluding hydrogens is 212 g/mol. The molecule has 3 N–H and O–H groups in total. The molecule has 16 heavy (non-hydrogen) atoms. The predicted octanol–water partition coefficient (Wildman–Crippen LogP) is -0.651. The van der Waals surface area contributed by atoms with Crippen molar-refractivity contribution >= 4 is 11.8 Å². The molecule has 0 fully saturated rings. The van der Waals surface area contributed by atoms with Crippen molar-refractivity contribution in [3.63, 3.8) is 0 Å². The van der Waals surface area contributed by atoms with Crippen LogP contribution in [0.25, 0.3) is 0 Å². The number of hydrogen-bond donors (Lipinski definition) is 3. The highest BCUT2D eigenvalue weighted by molar-refractivity contribution is 6.35. The van der Waals surface area contributed by atoms with Gasteiger partial charge in [0.1, 0.15) is 11.4 Å². The molecule has 6 heteroatoms. The molecule has 0 aliphatic rings. The van der Waals surface area contributed by atoms with Gasteiger partial charge < -0.3 is 20.2 Å². The molecule has 0 bridgehead atoms. The van der Waals surface area contributed by atoms with Gasteiger partial charge in [-0.2, -0.15) is 0 Å². The van der Waals surface area contributed by atoms with Crippen molar-refractivity contribution in [3.8, 4) is 0 Å². The topological polar surface area (TPSA) is 91.6 Å². The second-order valence-corrected chi connectivity index (χ2v) is 3.51. The summed E-state index contributed by atoms with van der Waals surface area (Å²) in [5.74, 6) is -1.23. The van der Waals surface area contributed by atoms with Crippen LogP contribution in [0.5, 0.6) is 0 Å². The Bertz CT molecular complexity index is 370. The lowest BCUT2D eigenvalue weighted by atomic mass is 10.0. The first-order valence-electron chi connectivity index (χ1n) is 4.73. The molecule has 88 valence electrons. The molecule has 1 aromatic rings. The van der Waals surface area contributed by atoms with Crippen LogP contribution >= 0.6 is 0 Å². The zero-order chi connectivity index (χ0) is 12.2. The normalized spacial score (nSPS) is 13.9. The van der Waals surface area contributed by atoms with E-state index in [2.05, 4.69) is 10.6 Å². The van der Waals surface area contributed by atoms with E-state index >= 15 is 0 Å². The molecule has 1 atom stereocenters. The molecular formula is C10H14N2O4. The number of aliphatic hydroxyl groups is 1. The van der Waals surface area contributed by atoms with Crippen LogP contribution in [0.1, 0.15) is 12.7 Å². The number of likely N-dealkylation sites (N-methyl/N-ethyl adjacent to an activating group) is 1. The number of rotatable bonds is 3. The highest BCUT2D eigenvalue weighted by Crippen LogP contribution is 2.19. The van der Waals surface area contributed by atoms with Gasteiger partial charge in [0.25, 0.3) is 0 Å². The molecule has 2 amide bonds. The van der Waals surface area contributed by atoms with Crippen LogP contribution in [-0.2, 0) is 15.2 Å². The summed E-state index contributed by atoms with van der Waals surface area (Å²) in [6.45, 7) is 1.38. The summed E-state index contributed by atoms with van der Waals surface area (Å²) in [5, 5.41) is 14.4. The van der Waals surface area contributed by atoms with Crippen LogP contribution in [0.3, 0.4) is 0 Å². The van der Waals surface area contributed by atoms with Gasteiger partial charge in [0.15, 0.2) is 0 Å². The Morgan fingerprint density at radius 3 is 2.69 bits per heavy atom. The van der Waals surface area contributed by atoms with E-state index in [-0.39, 0.29) is 6.54 Å². The summed E-state index contributed by atoms with van der Waals surface area (Å²) >= 11 is 0. The fraction of sp³-hybridized carbons (Fsp3) is 0.400. The summed E-state index contributed by atoms with van der Waals surface area (Å²) in [6, 6.07) is 3.22. The van der Waals surface area contributed by atoms with Crippen molar-refractivity contribution in [1.82, 2.24) is 10.6 Å². The minimum atomic E-state index is -1.34. The lowest BCUT2D eigenvalue weighted by Gasteiger charge is -2.20. The van der Waals surface area contributed by atoms with Gasteiger partial charge in [-0.15, -0.1) is 0 Å². The Morgan fingerprint density at radius 1 is 1.50 bits per heavy atom. The van der Waals surface area contributed by atoms with Crippen molar-refractivity contribution < 1.29 is 19.1 Å². The van der Waals surface area contributed by atoms with E-state index in [4.69, 9.17) is 4.42 Å². The summed E-state index contributed by atoms with van der Waals surface area (Å²) in [6.07, 6.45) is 1.42. The minimum absolute atomic E-state index is 0.104. The molecule has 0 saturated carbocycles. The van der Waals surface area contributed by atoms with Crippen LogP contribution in [-0.4, -0.2) is 30.5 Å². The Kier molecular flexibility index (Phi) is 3.68. The average molecular weight is 226 g/mol. The fourth-order valence-electron chi connectivity index (χ4n) is 1.12. The van der Waals surface area contributed by atoms with E-state index in [1.807, 2.05) is 0 Å². The monoisotopic (exact) mass is 226 g/mol. The Balaban J connectivity index is 2.55. The zero-order valence-corrected chi connectivity index (χ0v) is 9.11. The third-order valence-corrected chi connectivity index (χ3v) is 2.08. The Hall–Kier alpha value is -1.82. The van der Waals surface area contributed by atoms with Gasteiger partial charge >= 0.3 is 11.8 Å². The van der Waals surface area contributed by atoms with Gasteiger partial charge in [-0.25, -0.2) is 0 Å². The first-order valence-corrected chi connectivity index (χ1v) is 4.73. The molecule has 0 aliphatic carbocycles. The third-order valence-electron chi connectivity index (χ3n) is 2.08. The molecule has 1 rings (SSSR count). The molecule has 6 nitrogen and oxygen atoms in total. The van der Waals surface area contributed by atoms with E-state index in [0.717, 1.165) is 0 Å². The SMILES string of the molecule is CNC(=O)C(=O)NCC(C)(O)c1ccco1. The molecule has 1 unspecified atom stereocenters. The van der Waals surface area contributed by atoms with Crippen molar-refractivity contribution in [2.24, 2.45) is 0 Å². The van der Waals surface area contributed by atoms with Gasteiger partial charge in [0.05, 0.1) is 12.8 Å². The quantitative estimate of drug-likeness (QED) is 0.597. The third kappa shape index (κ3) is 2.83. The minimum Gasteiger partial charge on any atom is -0.466 e. The van der Waals surface area contributed by atoms with Crippen LogP contribution in [0, 0.1) is 0 Å². The van der Waals surface area contributed by atoms with Crippen LogP contribution in [0.4, 0.5) is 0 Å². The van der Waals surface area contributed by atoms with Crippen LogP contribution < -0.4 is 10.6 Å². The summed E-state index contributed by atoms with van der Waals surface area (Å²) < 4.78 is 5.02. The number of hydrogen-bond acceptors (Lipinski definition) is 4. The molecule has 0 aliphatic heterocycles. The highest BCUT2D eigenvalue weighted by Gasteiger charge is 2.27. The van der Waals surface area contributed by atoms with Gasteiger partial charge in [0, 0.05) is 7.05 Å². The fourth-order valence-corrected chi connectivity index (χ4v) is 1.12. The van der Waals surface area contributed by atoms with E-state index in [1.54, 1.807) is 12.1 Å². The molecule has 1 aromatic heterocycles. The van der Waals surface area contributed by atoms with Crippen molar-refractivity contribution in [2.45, 2.75) is 12.5 Å². The molecule has 0 aromatic carbocycles. The number of carbonyl (C=O) groups excluding carboxylic acids is 2. The predicted molar refractivity (Wildman–Crippen MR) is 55.4 cm³/mol. The second-order valence-electron chi connectivity index (χ2n) is 3.51. The maximum absolute atomic E-state index is 11.1. The summed E-state index contributed by atoms with van der Waals surface area (Å²) in [5.41, 5.74) is -1.34. The first kappa shape index (κ1) is 12.3. The van der Waals surface area contributed by atoms with E-state index in [0.29, 0.717) is 5.76 Å². The number of amides is 2. The van der Waals surface area contributed by atoms with Gasteiger partial charge in [0.2, 0.25) is 0 Å². The van der Waals surface area contributed by atoms with Crippen LogP contribution in [0.2, 0.25) is 0 Å². The van der Waals surface area contributed by atoms with E-state index in [9.17, 15) is 14.7 Å². The lowest BCUT2D eigenvalue weighted by Crippen LogP contribution is -2.44. The summed E-state index contributed by atoms with van der Waals surface area (Å²) in [4.78, 5) is 22.0. The molecule has 0 spiro atoms. The Labute approximate surface area is 92.6 Å². The van der Waals surface area contributed by atoms with Crippen molar-refractivity contribution in [1.29, 1.82) is 0 Å². The lowest BCUT2D eigenvalue weighted by molar-refractivity contribution is -0.139. The van der Waals surface area contributed by atoms with Crippen molar-refractivity contribution in [2.75, 3.05) is 13.6 Å². The number of furan rings is 1. The second kappa shape index (κ2) is 4.80. The van der Waals surface area contributed by atoms with Crippen molar-refractivity contribution in [3.05, 3.63) is 24.2 Å². The summed E-state index contributed by atoms with van der Waals surface area (Å²) in [7, 11) is 1.35. The van der Waals surface area contributed by atoms with Gasteiger partial charge in [-0.1, -0.05) is 0 Å². The largest absolute Gasteiger partial charge is 0.466 e.